The van der Waals surface area contributed by atoms with Crippen molar-refractivity contribution >= 4 is 58.3 Å². The number of alkyl halides is 2. The number of halogens is 2. The highest BCUT2D eigenvalue weighted by Crippen LogP contribution is 2.59. The molecular weight excluding hydrogens is 491 g/mol. The molecule has 2 aromatic carbocycles. The van der Waals surface area contributed by atoms with Gasteiger partial charge in [-0.1, -0.05) is 12.1 Å². The summed E-state index contributed by atoms with van der Waals surface area (Å²) < 4.78 is 5.13. The van der Waals surface area contributed by atoms with Gasteiger partial charge in [-0.25, -0.2) is 4.79 Å². The topological polar surface area (TPSA) is 92.8 Å². The molecule has 35 heavy (non-hydrogen) atoms. The van der Waals surface area contributed by atoms with E-state index in [1.54, 1.807) is 0 Å². The van der Waals surface area contributed by atoms with Gasteiger partial charge in [0.05, 0.1) is 33.8 Å². The highest BCUT2D eigenvalue weighted by molar-refractivity contribution is 6.32. The van der Waals surface area contributed by atoms with Crippen molar-refractivity contribution in [3.05, 3.63) is 59.2 Å². The van der Waals surface area contributed by atoms with Crippen LogP contribution in [0.3, 0.4) is 0 Å². The first-order chi connectivity index (χ1) is 16.7. The minimum absolute atomic E-state index is 0.0976. The van der Waals surface area contributed by atoms with Crippen molar-refractivity contribution in [3.63, 3.8) is 0 Å². The van der Waals surface area contributed by atoms with Crippen molar-refractivity contribution in [3.8, 4) is 0 Å². The van der Waals surface area contributed by atoms with Crippen LogP contribution < -0.4 is 10.2 Å². The van der Waals surface area contributed by atoms with E-state index in [-0.39, 0.29) is 40.0 Å². The number of hydrogen-bond acceptors (Lipinski definition) is 5. The van der Waals surface area contributed by atoms with E-state index in [0.29, 0.717) is 17.8 Å². The van der Waals surface area contributed by atoms with Crippen LogP contribution in [0.4, 0.5) is 11.4 Å². The Bertz CT molecular complexity index is 1200. The average Bonchev–Trinajstić information content (AvgIpc) is 3.45. The van der Waals surface area contributed by atoms with Gasteiger partial charge in [-0.3, -0.25) is 19.3 Å². The number of imide groups is 1. The predicted molar refractivity (Wildman–Crippen MR) is 132 cm³/mol. The highest BCUT2D eigenvalue weighted by atomic mass is 35.5. The molecule has 1 aliphatic heterocycles. The fraction of sp³-hybridized carbons (Fsp3) is 0.385. The van der Waals surface area contributed by atoms with Gasteiger partial charge >= 0.3 is 5.97 Å². The molecule has 0 aromatic heterocycles. The Balaban J connectivity index is 1.22. The Morgan fingerprint density at radius 1 is 0.971 bits per heavy atom. The molecule has 3 aliphatic rings. The van der Waals surface area contributed by atoms with Gasteiger partial charge in [0.2, 0.25) is 11.8 Å². The lowest BCUT2D eigenvalue weighted by atomic mass is 9.80. The van der Waals surface area contributed by atoms with Crippen molar-refractivity contribution in [2.45, 2.75) is 31.0 Å². The molecule has 2 aliphatic carbocycles. The van der Waals surface area contributed by atoms with Crippen molar-refractivity contribution in [2.75, 3.05) is 16.8 Å². The fourth-order valence-corrected chi connectivity index (χ4v) is 6.51. The van der Waals surface area contributed by atoms with Crippen LogP contribution in [0.2, 0.25) is 0 Å². The number of esters is 1. The summed E-state index contributed by atoms with van der Waals surface area (Å²) in [5, 5.41) is 2.10. The Morgan fingerprint density at radius 2 is 1.57 bits per heavy atom. The maximum atomic E-state index is 13.1. The van der Waals surface area contributed by atoms with Crippen molar-refractivity contribution < 1.29 is 23.9 Å². The maximum absolute atomic E-state index is 13.1. The second-order valence-electron chi connectivity index (χ2n) is 9.51. The number of ether oxygens (including phenoxy) is 1. The summed E-state index contributed by atoms with van der Waals surface area (Å²) in [6, 6.07) is 11.7. The summed E-state index contributed by atoms with van der Waals surface area (Å²) in [6.45, 7) is 3.35. The minimum Gasteiger partial charge on any atom is -0.452 e. The average molecular weight is 515 g/mol. The Kier molecular flexibility index (Phi) is 6.09. The molecule has 3 fully saturated rings. The van der Waals surface area contributed by atoms with Crippen LogP contribution in [-0.4, -0.2) is 41.1 Å². The van der Waals surface area contributed by atoms with E-state index in [1.807, 2.05) is 32.0 Å². The third-order valence-corrected chi connectivity index (χ3v) is 8.67. The summed E-state index contributed by atoms with van der Waals surface area (Å²) in [6.07, 6.45) is 0.699. The first-order valence-electron chi connectivity index (χ1n) is 11.5. The molecule has 9 heteroatoms. The van der Waals surface area contributed by atoms with Crippen LogP contribution in [0.25, 0.3) is 0 Å². The molecule has 0 spiro atoms. The lowest BCUT2D eigenvalue weighted by Gasteiger charge is -2.28. The Hall–Kier alpha value is -2.90. The van der Waals surface area contributed by atoms with Crippen LogP contribution in [0.1, 0.15) is 27.9 Å². The van der Waals surface area contributed by atoms with Crippen LogP contribution in [0, 0.1) is 37.5 Å². The number of nitrogens with zero attached hydrogens (tertiary/aromatic N) is 1. The fourth-order valence-electron chi connectivity index (χ4n) is 5.62. The van der Waals surface area contributed by atoms with Crippen molar-refractivity contribution in [2.24, 2.45) is 23.7 Å². The van der Waals surface area contributed by atoms with Gasteiger partial charge in [0, 0.05) is 5.69 Å². The van der Waals surface area contributed by atoms with E-state index in [1.165, 1.54) is 29.2 Å². The van der Waals surface area contributed by atoms with Gasteiger partial charge in [-0.05, 0) is 73.6 Å². The van der Waals surface area contributed by atoms with E-state index < -0.39 is 30.3 Å². The number of anilines is 2. The van der Waals surface area contributed by atoms with Crippen LogP contribution in [0.15, 0.2) is 42.5 Å². The first-order valence-corrected chi connectivity index (χ1v) is 12.3. The molecule has 6 atom stereocenters. The molecule has 1 N–H and O–H groups in total. The number of carbonyl (C=O) groups excluding carboxylic acids is 4. The number of fused-ring (bicyclic) bond motifs is 5. The van der Waals surface area contributed by atoms with Gasteiger partial charge in [-0.15, -0.1) is 23.2 Å². The summed E-state index contributed by atoms with van der Waals surface area (Å²) in [5.41, 5.74) is 3.15. The molecule has 7 nitrogen and oxygen atoms in total. The van der Waals surface area contributed by atoms with E-state index >= 15 is 0 Å². The number of carbonyl (C=O) groups is 4. The molecule has 0 unspecified atom stereocenters. The molecule has 182 valence electrons. The number of hydrogen-bond donors (Lipinski definition) is 1. The molecule has 5 rings (SSSR count). The number of amides is 3. The van der Waals surface area contributed by atoms with Crippen LogP contribution in [-0.2, 0) is 19.1 Å². The SMILES string of the molecule is Cc1ccc(C)c(NC(=O)COC(=O)c2ccc(N3C(=O)[C@@H]4[C@H]5C[C@@H]([C@H](Cl)[C@@H]5Cl)[C@@H]4C3=O)cc2)c1. The third kappa shape index (κ3) is 4.00. The zero-order valence-corrected chi connectivity index (χ0v) is 20.7. The summed E-state index contributed by atoms with van der Waals surface area (Å²) in [5.74, 6) is -2.74. The molecule has 2 aromatic rings. The lowest BCUT2D eigenvalue weighted by Crippen LogP contribution is -2.37. The summed E-state index contributed by atoms with van der Waals surface area (Å²) in [4.78, 5) is 52.0. The largest absolute Gasteiger partial charge is 0.452 e. The Labute approximate surface area is 212 Å². The van der Waals surface area contributed by atoms with Crippen LogP contribution in [0.5, 0.6) is 0 Å². The molecule has 0 radical (unpaired) electrons. The second-order valence-corrected chi connectivity index (χ2v) is 10.5. The second kappa shape index (κ2) is 8.95. The molecule has 2 bridgehead atoms. The smallest absolute Gasteiger partial charge is 0.338 e. The Morgan fingerprint density at radius 3 is 2.17 bits per heavy atom. The molecule has 1 saturated heterocycles. The zero-order valence-electron chi connectivity index (χ0n) is 19.2. The standard InChI is InChI=1S/C26H24Cl2N2O5/c1-12-3-4-13(2)18(9-12)29-19(31)11-35-26(34)14-5-7-15(8-6-14)30-24(32)20-16-10-17(21(20)25(30)33)23(28)22(16)27/h3-9,16-17,20-23H,10-11H2,1-2H3,(H,29,31)/t16-,17-,20-,21+,22-,23+/m1/s1. The van der Waals surface area contributed by atoms with E-state index in [2.05, 4.69) is 5.32 Å². The number of rotatable bonds is 5. The molecule has 3 amide bonds. The van der Waals surface area contributed by atoms with Gasteiger partial charge in [-0.2, -0.15) is 0 Å². The van der Waals surface area contributed by atoms with E-state index in [0.717, 1.165) is 11.1 Å². The van der Waals surface area contributed by atoms with E-state index in [9.17, 15) is 19.2 Å². The highest BCUT2D eigenvalue weighted by Gasteiger charge is 2.66. The normalized spacial score (nSPS) is 28.9. The van der Waals surface area contributed by atoms with Crippen molar-refractivity contribution in [1.29, 1.82) is 0 Å². The minimum atomic E-state index is -0.684. The molecule has 2 saturated carbocycles. The number of nitrogens with one attached hydrogen (secondary N) is 1. The monoisotopic (exact) mass is 514 g/mol. The summed E-state index contributed by atoms with van der Waals surface area (Å²) in [7, 11) is 0. The molecule has 1 heterocycles. The van der Waals surface area contributed by atoms with Gasteiger partial charge < -0.3 is 10.1 Å². The summed E-state index contributed by atoms with van der Waals surface area (Å²) >= 11 is 12.8. The quantitative estimate of drug-likeness (QED) is 0.368. The first kappa shape index (κ1) is 23.8. The van der Waals surface area contributed by atoms with Crippen LogP contribution >= 0.6 is 23.2 Å². The number of aryl methyl sites for hydroxylation is 2. The number of benzene rings is 2. The third-order valence-electron chi connectivity index (χ3n) is 7.35. The van der Waals surface area contributed by atoms with E-state index in [4.69, 9.17) is 27.9 Å². The zero-order chi connectivity index (χ0) is 25.0. The van der Waals surface area contributed by atoms with Crippen molar-refractivity contribution in [1.82, 2.24) is 0 Å². The maximum Gasteiger partial charge on any atom is 0.338 e. The van der Waals surface area contributed by atoms with Gasteiger partial charge in [0.1, 0.15) is 0 Å². The lowest BCUT2D eigenvalue weighted by molar-refractivity contribution is -0.123. The molecular formula is C26H24Cl2N2O5. The van der Waals surface area contributed by atoms with Gasteiger partial charge in [0.15, 0.2) is 6.61 Å². The predicted octanol–water partition coefficient (Wildman–Crippen LogP) is 4.07. The van der Waals surface area contributed by atoms with Gasteiger partial charge in [0.25, 0.3) is 5.91 Å².